The normalized spacial score (nSPS) is 19.8. The quantitative estimate of drug-likeness (QED) is 0.570. The second-order valence-electron chi connectivity index (χ2n) is 11.3. The van der Waals surface area contributed by atoms with Crippen LogP contribution in [0.3, 0.4) is 0 Å². The van der Waals surface area contributed by atoms with E-state index in [1.807, 2.05) is 42.6 Å². The van der Waals surface area contributed by atoms with Crippen molar-refractivity contribution in [2.24, 2.45) is 5.92 Å². The fraction of sp³-hybridized carbons (Fsp3) is 0.519. The molecule has 2 bridgehead atoms. The molecular weight excluding hydrogens is 440 g/mol. The summed E-state index contributed by atoms with van der Waals surface area (Å²) in [6, 6.07) is 10.9. The van der Waals surface area contributed by atoms with Gasteiger partial charge in [0.2, 0.25) is 0 Å². The molecular formula is C27H36N6O2. The molecule has 2 N–H and O–H groups in total. The van der Waals surface area contributed by atoms with Crippen molar-refractivity contribution in [1.82, 2.24) is 19.7 Å². The highest BCUT2D eigenvalue weighted by Gasteiger charge is 2.47. The van der Waals surface area contributed by atoms with Gasteiger partial charge in [-0.2, -0.15) is 0 Å². The Morgan fingerprint density at radius 2 is 1.97 bits per heavy atom. The Labute approximate surface area is 207 Å². The molecule has 2 atom stereocenters. The Bertz CT molecular complexity index is 1240. The summed E-state index contributed by atoms with van der Waals surface area (Å²) in [5, 5.41) is 5.62. The smallest absolute Gasteiger partial charge is 0.410 e. The van der Waals surface area contributed by atoms with Crippen molar-refractivity contribution in [1.29, 1.82) is 0 Å². The van der Waals surface area contributed by atoms with Crippen LogP contribution in [0, 0.1) is 5.92 Å². The summed E-state index contributed by atoms with van der Waals surface area (Å²) in [7, 11) is 0. The molecule has 2 fully saturated rings. The van der Waals surface area contributed by atoms with E-state index in [1.54, 1.807) is 0 Å². The van der Waals surface area contributed by atoms with Crippen LogP contribution in [0.25, 0.3) is 16.6 Å². The van der Waals surface area contributed by atoms with E-state index in [2.05, 4.69) is 53.1 Å². The minimum Gasteiger partial charge on any atom is -0.444 e. The Morgan fingerprint density at radius 1 is 1.17 bits per heavy atom. The average Bonchev–Trinajstić information content (AvgIpc) is 3.49. The fourth-order valence-corrected chi connectivity index (χ4v) is 5.18. The van der Waals surface area contributed by atoms with Crippen molar-refractivity contribution in [3.8, 4) is 5.69 Å². The van der Waals surface area contributed by atoms with E-state index >= 15 is 0 Å². The van der Waals surface area contributed by atoms with Gasteiger partial charge in [0.1, 0.15) is 11.4 Å². The number of ether oxygens (including phenoxy) is 1. The number of pyridine rings is 1. The molecule has 2 saturated heterocycles. The van der Waals surface area contributed by atoms with Crippen molar-refractivity contribution in [2.75, 3.05) is 23.7 Å². The third kappa shape index (κ3) is 4.66. The van der Waals surface area contributed by atoms with E-state index in [0.717, 1.165) is 48.2 Å². The van der Waals surface area contributed by atoms with Crippen LogP contribution < -0.4 is 10.6 Å². The number of nitrogens with zero attached hydrogens (tertiary/aromatic N) is 5. The molecule has 1 aromatic carbocycles. The SMILES string of the molecule is CC(C)CCc1ccc2c(N)nn(-c3ccnc(N4C[C@@H]5C[C@H]4CN5C(=O)OC(C)(C)C)c3)c2c1. The van der Waals surface area contributed by atoms with Crippen LogP contribution in [0.4, 0.5) is 16.4 Å². The largest absolute Gasteiger partial charge is 0.444 e. The van der Waals surface area contributed by atoms with E-state index < -0.39 is 5.60 Å². The summed E-state index contributed by atoms with van der Waals surface area (Å²) in [4.78, 5) is 21.5. The van der Waals surface area contributed by atoms with Gasteiger partial charge >= 0.3 is 6.09 Å². The maximum absolute atomic E-state index is 12.6. The highest BCUT2D eigenvalue weighted by Crippen LogP contribution is 2.35. The van der Waals surface area contributed by atoms with Crippen LogP contribution in [0.5, 0.6) is 0 Å². The number of amides is 1. The van der Waals surface area contributed by atoms with Gasteiger partial charge in [-0.15, -0.1) is 5.10 Å². The lowest BCUT2D eigenvalue weighted by atomic mass is 10.0. The zero-order chi connectivity index (χ0) is 24.9. The predicted octanol–water partition coefficient (Wildman–Crippen LogP) is 4.79. The Kier molecular flexibility index (Phi) is 5.85. The number of rotatable bonds is 5. The highest BCUT2D eigenvalue weighted by molar-refractivity contribution is 5.90. The number of anilines is 2. The number of benzene rings is 1. The van der Waals surface area contributed by atoms with Crippen LogP contribution in [-0.2, 0) is 11.2 Å². The van der Waals surface area contributed by atoms with Gasteiger partial charge < -0.3 is 20.3 Å². The number of likely N-dealkylation sites (tertiary alicyclic amines) is 1. The monoisotopic (exact) mass is 476 g/mol. The number of fused-ring (bicyclic) bond motifs is 3. The number of piperazine rings is 1. The second-order valence-corrected chi connectivity index (χ2v) is 11.3. The third-order valence-corrected chi connectivity index (χ3v) is 6.92. The van der Waals surface area contributed by atoms with Gasteiger partial charge in [0.15, 0.2) is 5.82 Å². The lowest BCUT2D eigenvalue weighted by Crippen LogP contribution is -2.50. The van der Waals surface area contributed by atoms with Crippen LogP contribution >= 0.6 is 0 Å². The minimum absolute atomic E-state index is 0.144. The highest BCUT2D eigenvalue weighted by atomic mass is 16.6. The molecule has 2 aromatic heterocycles. The topological polar surface area (TPSA) is 89.5 Å². The van der Waals surface area contributed by atoms with E-state index in [-0.39, 0.29) is 18.2 Å². The molecule has 2 aliphatic rings. The second kappa shape index (κ2) is 8.73. The number of hydrogen-bond acceptors (Lipinski definition) is 6. The van der Waals surface area contributed by atoms with Gasteiger partial charge in [0.25, 0.3) is 0 Å². The maximum atomic E-state index is 12.6. The first kappa shape index (κ1) is 23.5. The number of carbonyl (C=O) groups excluding carboxylic acids is 1. The molecule has 0 radical (unpaired) electrons. The van der Waals surface area contributed by atoms with Gasteiger partial charge in [0, 0.05) is 30.7 Å². The molecule has 0 unspecified atom stereocenters. The standard InChI is InChI=1S/C27H36N6O2/c1-17(2)6-7-18-8-9-22-23(12-18)33(30-25(22)28)19-10-11-29-24(14-19)31-15-21-13-20(31)16-32(21)26(34)35-27(3,4)5/h8-12,14,17,20-21H,6-7,13,15-16H2,1-5H3,(H2,28,30)/t20-,21-/m0/s1. The van der Waals surface area contributed by atoms with Crippen molar-refractivity contribution in [2.45, 2.75) is 71.6 Å². The van der Waals surface area contributed by atoms with Gasteiger partial charge in [-0.25, -0.2) is 14.5 Å². The number of aromatic nitrogens is 3. The van der Waals surface area contributed by atoms with Crippen LogP contribution in [-0.4, -0.2) is 56.5 Å². The summed E-state index contributed by atoms with van der Waals surface area (Å²) in [5.74, 6) is 2.09. The first-order valence-electron chi connectivity index (χ1n) is 12.6. The van der Waals surface area contributed by atoms with Crippen molar-refractivity contribution in [3.63, 3.8) is 0 Å². The molecule has 0 spiro atoms. The predicted molar refractivity (Wildman–Crippen MR) is 139 cm³/mol. The first-order valence-corrected chi connectivity index (χ1v) is 12.6. The van der Waals surface area contributed by atoms with Gasteiger partial charge in [-0.3, -0.25) is 0 Å². The van der Waals surface area contributed by atoms with E-state index in [9.17, 15) is 4.79 Å². The summed E-state index contributed by atoms with van der Waals surface area (Å²) in [6.45, 7) is 11.6. The molecule has 8 nitrogen and oxygen atoms in total. The van der Waals surface area contributed by atoms with Gasteiger partial charge in [-0.05, 0) is 69.7 Å². The van der Waals surface area contributed by atoms with Gasteiger partial charge in [-0.1, -0.05) is 19.9 Å². The fourth-order valence-electron chi connectivity index (χ4n) is 5.18. The van der Waals surface area contributed by atoms with Crippen molar-refractivity contribution in [3.05, 3.63) is 42.1 Å². The number of hydrogen-bond donors (Lipinski definition) is 1. The molecule has 0 aliphatic carbocycles. The average molecular weight is 477 g/mol. The molecule has 5 rings (SSSR count). The van der Waals surface area contributed by atoms with E-state index in [0.29, 0.717) is 18.3 Å². The van der Waals surface area contributed by atoms with Crippen LogP contribution in [0.1, 0.15) is 53.0 Å². The lowest BCUT2D eigenvalue weighted by Gasteiger charge is -2.35. The van der Waals surface area contributed by atoms with Crippen molar-refractivity contribution < 1.29 is 9.53 Å². The zero-order valence-electron chi connectivity index (χ0n) is 21.4. The molecule has 0 saturated carbocycles. The van der Waals surface area contributed by atoms with Crippen molar-refractivity contribution >= 4 is 28.6 Å². The Hall–Kier alpha value is -3.29. The zero-order valence-corrected chi connectivity index (χ0v) is 21.4. The summed E-state index contributed by atoms with van der Waals surface area (Å²) in [6.07, 6.45) is 4.71. The number of aryl methyl sites for hydroxylation is 1. The summed E-state index contributed by atoms with van der Waals surface area (Å²) < 4.78 is 7.53. The molecule has 4 heterocycles. The lowest BCUT2D eigenvalue weighted by molar-refractivity contribution is 0.0214. The van der Waals surface area contributed by atoms with Gasteiger partial charge in [0.05, 0.1) is 23.3 Å². The Morgan fingerprint density at radius 3 is 2.66 bits per heavy atom. The maximum Gasteiger partial charge on any atom is 0.410 e. The molecule has 2 aliphatic heterocycles. The number of nitrogen functional groups attached to an aromatic ring is 1. The van der Waals surface area contributed by atoms with E-state index in [4.69, 9.17) is 10.5 Å². The Balaban J connectivity index is 1.38. The molecule has 186 valence electrons. The molecule has 1 amide bonds. The number of nitrogens with two attached hydrogens (primary N) is 1. The van der Waals surface area contributed by atoms with Crippen LogP contribution in [0.15, 0.2) is 36.5 Å². The first-order chi connectivity index (χ1) is 16.6. The van der Waals surface area contributed by atoms with E-state index in [1.165, 1.54) is 5.56 Å². The molecule has 8 heteroatoms. The third-order valence-electron chi connectivity index (χ3n) is 6.92. The van der Waals surface area contributed by atoms with Crippen LogP contribution in [0.2, 0.25) is 0 Å². The minimum atomic E-state index is -0.489. The number of carbonyl (C=O) groups is 1. The summed E-state index contributed by atoms with van der Waals surface area (Å²) >= 11 is 0. The molecule has 35 heavy (non-hydrogen) atoms. The molecule has 3 aromatic rings. The summed E-state index contributed by atoms with van der Waals surface area (Å²) in [5.41, 5.74) is 9.03.